The Bertz CT molecular complexity index is 282. The van der Waals surface area contributed by atoms with Crippen molar-refractivity contribution < 1.29 is 5.11 Å². The number of hydrogen-bond donors (Lipinski definition) is 3. The zero-order valence-corrected chi connectivity index (χ0v) is 6.88. The molecule has 1 aromatic heterocycles. The minimum Gasteiger partial charge on any atom is -0.394 e. The molecule has 4 heteroatoms. The van der Waals surface area contributed by atoms with E-state index >= 15 is 0 Å². The predicted octanol–water partition coefficient (Wildman–Crippen LogP) is -0.110. The number of aliphatic hydroxyl groups is 1. The third-order valence-corrected chi connectivity index (χ3v) is 2.39. The summed E-state index contributed by atoms with van der Waals surface area (Å²) in [6, 6.07) is -0.317. The molecule has 0 saturated heterocycles. The zero-order chi connectivity index (χ0) is 8.55. The summed E-state index contributed by atoms with van der Waals surface area (Å²) in [5.41, 5.74) is 8.97. The normalized spacial score (nSPS) is 17.8. The van der Waals surface area contributed by atoms with Gasteiger partial charge in [0.2, 0.25) is 0 Å². The van der Waals surface area contributed by atoms with Crippen LogP contribution in [-0.2, 0) is 12.8 Å². The molecule has 0 bridgehead atoms. The van der Waals surface area contributed by atoms with Crippen LogP contribution in [0.1, 0.15) is 29.4 Å². The lowest BCUT2D eigenvalue weighted by Gasteiger charge is -2.05. The molecule has 12 heavy (non-hydrogen) atoms. The van der Waals surface area contributed by atoms with E-state index in [0.717, 1.165) is 18.5 Å². The van der Waals surface area contributed by atoms with E-state index < -0.39 is 0 Å². The monoisotopic (exact) mass is 167 g/mol. The van der Waals surface area contributed by atoms with Gasteiger partial charge in [0.05, 0.1) is 18.3 Å². The Morgan fingerprint density at radius 3 is 3.17 bits per heavy atom. The van der Waals surface area contributed by atoms with E-state index in [2.05, 4.69) is 10.2 Å². The van der Waals surface area contributed by atoms with Gasteiger partial charge >= 0.3 is 0 Å². The summed E-state index contributed by atoms with van der Waals surface area (Å²) in [7, 11) is 0. The second-order valence-corrected chi connectivity index (χ2v) is 3.21. The van der Waals surface area contributed by atoms with Gasteiger partial charge in [-0.1, -0.05) is 0 Å². The fourth-order valence-electron chi connectivity index (χ4n) is 1.74. The van der Waals surface area contributed by atoms with Crippen LogP contribution in [0, 0.1) is 0 Å². The van der Waals surface area contributed by atoms with E-state index in [9.17, 15) is 0 Å². The van der Waals surface area contributed by atoms with E-state index in [1.165, 1.54) is 17.7 Å². The van der Waals surface area contributed by atoms with Crippen molar-refractivity contribution in [2.24, 2.45) is 5.73 Å². The third kappa shape index (κ3) is 1.04. The number of rotatable bonds is 2. The van der Waals surface area contributed by atoms with Gasteiger partial charge in [0.1, 0.15) is 0 Å². The van der Waals surface area contributed by atoms with E-state index in [4.69, 9.17) is 10.8 Å². The van der Waals surface area contributed by atoms with E-state index in [1.54, 1.807) is 0 Å². The molecule has 1 unspecified atom stereocenters. The van der Waals surface area contributed by atoms with Gasteiger partial charge in [0.15, 0.2) is 0 Å². The number of fused-ring (bicyclic) bond motifs is 1. The van der Waals surface area contributed by atoms with Gasteiger partial charge in [0.25, 0.3) is 0 Å². The number of aromatic amines is 1. The van der Waals surface area contributed by atoms with Gasteiger partial charge in [-0.2, -0.15) is 5.10 Å². The fourth-order valence-corrected chi connectivity index (χ4v) is 1.74. The molecule has 0 aromatic carbocycles. The fraction of sp³-hybridized carbons (Fsp3) is 0.625. The first-order valence-electron chi connectivity index (χ1n) is 4.25. The Kier molecular flexibility index (Phi) is 1.86. The van der Waals surface area contributed by atoms with Crippen LogP contribution in [0.4, 0.5) is 0 Å². The highest BCUT2D eigenvalue weighted by Gasteiger charge is 2.21. The maximum Gasteiger partial charge on any atom is 0.0847 e. The van der Waals surface area contributed by atoms with Crippen LogP contribution in [-0.4, -0.2) is 21.9 Å². The number of aliphatic hydroxyl groups excluding tert-OH is 1. The zero-order valence-electron chi connectivity index (χ0n) is 6.88. The number of nitrogens with zero attached hydrogens (tertiary/aromatic N) is 1. The second-order valence-electron chi connectivity index (χ2n) is 3.21. The van der Waals surface area contributed by atoms with Crippen LogP contribution in [0.3, 0.4) is 0 Å². The summed E-state index contributed by atoms with van der Waals surface area (Å²) in [6.45, 7) is -0.0305. The maximum absolute atomic E-state index is 8.86. The quantitative estimate of drug-likeness (QED) is 0.575. The predicted molar refractivity (Wildman–Crippen MR) is 44.6 cm³/mol. The first-order chi connectivity index (χ1) is 5.83. The van der Waals surface area contributed by atoms with E-state index in [1.807, 2.05) is 0 Å². The van der Waals surface area contributed by atoms with Crippen molar-refractivity contribution in [3.05, 3.63) is 17.0 Å². The Hall–Kier alpha value is -0.870. The van der Waals surface area contributed by atoms with Crippen molar-refractivity contribution in [3.8, 4) is 0 Å². The molecule has 0 aliphatic heterocycles. The molecule has 0 radical (unpaired) electrons. The molecule has 1 heterocycles. The third-order valence-electron chi connectivity index (χ3n) is 2.39. The van der Waals surface area contributed by atoms with Crippen LogP contribution < -0.4 is 5.73 Å². The Balaban J connectivity index is 2.33. The van der Waals surface area contributed by atoms with Gasteiger partial charge in [-0.15, -0.1) is 0 Å². The lowest BCUT2D eigenvalue weighted by Crippen LogP contribution is -2.16. The van der Waals surface area contributed by atoms with Crippen LogP contribution in [0.25, 0.3) is 0 Å². The molecule has 1 aliphatic carbocycles. The summed E-state index contributed by atoms with van der Waals surface area (Å²) in [5, 5.41) is 15.9. The Labute approximate surface area is 70.8 Å². The molecule has 4 nitrogen and oxygen atoms in total. The second kappa shape index (κ2) is 2.88. The summed E-state index contributed by atoms with van der Waals surface area (Å²) in [6.07, 6.45) is 3.30. The van der Waals surface area contributed by atoms with Gasteiger partial charge in [-0.05, 0) is 24.8 Å². The first-order valence-corrected chi connectivity index (χ1v) is 4.25. The molecule has 0 fully saturated rings. The van der Waals surface area contributed by atoms with Crippen molar-refractivity contribution in [1.29, 1.82) is 0 Å². The highest BCUT2D eigenvalue weighted by atomic mass is 16.3. The highest BCUT2D eigenvalue weighted by Crippen LogP contribution is 2.25. The van der Waals surface area contributed by atoms with Crippen molar-refractivity contribution >= 4 is 0 Å². The molecular weight excluding hydrogens is 154 g/mol. The van der Waals surface area contributed by atoms with Crippen molar-refractivity contribution in [1.82, 2.24) is 10.2 Å². The molecule has 1 atom stereocenters. The molecule has 1 aromatic rings. The maximum atomic E-state index is 8.86. The lowest BCUT2D eigenvalue weighted by atomic mass is 10.1. The van der Waals surface area contributed by atoms with Crippen LogP contribution >= 0.6 is 0 Å². The summed E-state index contributed by atoms with van der Waals surface area (Å²) < 4.78 is 0. The summed E-state index contributed by atoms with van der Waals surface area (Å²) in [5.74, 6) is 0. The number of nitrogens with one attached hydrogen (secondary N) is 1. The standard InChI is InChI=1S/C8H13N3O/c9-6(4-12)8-5-2-1-3-7(5)10-11-8/h6,12H,1-4,9H2,(H,10,11). The summed E-state index contributed by atoms with van der Waals surface area (Å²) >= 11 is 0. The van der Waals surface area contributed by atoms with E-state index in [0.29, 0.717) is 0 Å². The minimum absolute atomic E-state index is 0.0305. The molecule has 2 rings (SSSR count). The first kappa shape index (κ1) is 7.76. The Morgan fingerprint density at radius 2 is 2.42 bits per heavy atom. The molecule has 0 spiro atoms. The molecule has 1 aliphatic rings. The van der Waals surface area contributed by atoms with Crippen molar-refractivity contribution in [2.75, 3.05) is 6.61 Å². The summed E-state index contributed by atoms with van der Waals surface area (Å²) in [4.78, 5) is 0. The SMILES string of the molecule is NC(CO)c1n[nH]c2c1CCC2. The molecule has 0 saturated carbocycles. The average molecular weight is 167 g/mol. The molecule has 66 valence electrons. The number of aryl methyl sites for hydroxylation is 1. The number of hydrogen-bond acceptors (Lipinski definition) is 3. The van der Waals surface area contributed by atoms with Gasteiger partial charge in [-0.25, -0.2) is 0 Å². The molecule has 0 amide bonds. The van der Waals surface area contributed by atoms with Gasteiger partial charge < -0.3 is 10.8 Å². The van der Waals surface area contributed by atoms with Gasteiger partial charge in [-0.3, -0.25) is 5.10 Å². The molecular formula is C8H13N3O. The topological polar surface area (TPSA) is 74.9 Å². The minimum atomic E-state index is -0.317. The largest absolute Gasteiger partial charge is 0.394 e. The van der Waals surface area contributed by atoms with Crippen molar-refractivity contribution in [2.45, 2.75) is 25.3 Å². The van der Waals surface area contributed by atoms with Crippen LogP contribution in [0.5, 0.6) is 0 Å². The number of H-pyrrole nitrogens is 1. The lowest BCUT2D eigenvalue weighted by molar-refractivity contribution is 0.265. The molecule has 4 N–H and O–H groups in total. The van der Waals surface area contributed by atoms with E-state index in [-0.39, 0.29) is 12.6 Å². The van der Waals surface area contributed by atoms with Crippen LogP contribution in [0.15, 0.2) is 0 Å². The average Bonchev–Trinajstić information content (AvgIpc) is 2.62. The number of nitrogens with two attached hydrogens (primary N) is 1. The Morgan fingerprint density at radius 1 is 1.58 bits per heavy atom. The highest BCUT2D eigenvalue weighted by molar-refractivity contribution is 5.31. The number of aromatic nitrogens is 2. The van der Waals surface area contributed by atoms with Crippen LogP contribution in [0.2, 0.25) is 0 Å². The smallest absolute Gasteiger partial charge is 0.0847 e. The van der Waals surface area contributed by atoms with Crippen molar-refractivity contribution in [3.63, 3.8) is 0 Å². The van der Waals surface area contributed by atoms with Gasteiger partial charge in [0, 0.05) is 5.69 Å².